The Kier molecular flexibility index (Phi) is 7.09. The van der Waals surface area contributed by atoms with Crippen LogP contribution in [0.4, 0.5) is 0 Å². The molecule has 1 aromatic carbocycles. The van der Waals surface area contributed by atoms with Crippen molar-refractivity contribution in [2.75, 3.05) is 20.1 Å². The lowest BCUT2D eigenvalue weighted by Gasteiger charge is -2.20. The highest BCUT2D eigenvalue weighted by atomic mass is 16.5. The third-order valence-electron chi connectivity index (χ3n) is 3.30. The van der Waals surface area contributed by atoms with Gasteiger partial charge in [0.15, 0.2) is 0 Å². The van der Waals surface area contributed by atoms with Gasteiger partial charge in [-0.3, -0.25) is 4.79 Å². The zero-order chi connectivity index (χ0) is 15.0. The van der Waals surface area contributed by atoms with Gasteiger partial charge in [-0.25, -0.2) is 0 Å². The van der Waals surface area contributed by atoms with Gasteiger partial charge in [-0.2, -0.15) is 0 Å². The van der Waals surface area contributed by atoms with Crippen LogP contribution in [0.2, 0.25) is 0 Å². The molecular weight excluding hydrogens is 252 g/mol. The van der Waals surface area contributed by atoms with Gasteiger partial charge in [-0.15, -0.1) is 0 Å². The van der Waals surface area contributed by atoms with Crippen molar-refractivity contribution in [1.82, 2.24) is 10.6 Å². The molecule has 2 atom stereocenters. The number of aryl methyl sites for hydroxylation is 1. The van der Waals surface area contributed by atoms with Crippen LogP contribution in [0.3, 0.4) is 0 Å². The molecule has 0 aliphatic heterocycles. The van der Waals surface area contributed by atoms with Gasteiger partial charge in [0, 0.05) is 12.5 Å². The average Bonchev–Trinajstić information content (AvgIpc) is 2.45. The molecule has 2 N–H and O–H groups in total. The highest BCUT2D eigenvalue weighted by molar-refractivity contribution is 5.78. The summed E-state index contributed by atoms with van der Waals surface area (Å²) in [4.78, 5) is 11.9. The molecule has 1 rings (SSSR count). The number of benzene rings is 1. The summed E-state index contributed by atoms with van der Waals surface area (Å²) in [6.07, 6.45) is 0.858. The number of amides is 1. The summed E-state index contributed by atoms with van der Waals surface area (Å²) in [7, 11) is 1.85. The lowest BCUT2D eigenvalue weighted by Crippen LogP contribution is -2.40. The van der Waals surface area contributed by atoms with E-state index in [2.05, 4.69) is 17.6 Å². The predicted molar refractivity (Wildman–Crippen MR) is 82.0 cm³/mol. The van der Waals surface area contributed by atoms with E-state index in [1.807, 2.05) is 45.2 Å². The largest absolute Gasteiger partial charge is 0.488 e. The van der Waals surface area contributed by atoms with Gasteiger partial charge in [0.2, 0.25) is 5.91 Å². The summed E-state index contributed by atoms with van der Waals surface area (Å²) < 4.78 is 5.95. The molecular formula is C16H26N2O2. The molecule has 112 valence electrons. The van der Waals surface area contributed by atoms with E-state index in [4.69, 9.17) is 4.74 Å². The zero-order valence-electron chi connectivity index (χ0n) is 12.9. The SMILES string of the molecule is CCC(CNC(=O)C(C)CNC)Oc1ccccc1C. The Morgan fingerprint density at radius 2 is 2.00 bits per heavy atom. The Bertz CT molecular complexity index is 421. The molecule has 0 saturated carbocycles. The van der Waals surface area contributed by atoms with Crippen LogP contribution in [0.5, 0.6) is 5.75 Å². The smallest absolute Gasteiger partial charge is 0.224 e. The fourth-order valence-corrected chi connectivity index (χ4v) is 1.93. The molecule has 0 aliphatic rings. The van der Waals surface area contributed by atoms with Crippen LogP contribution in [0.15, 0.2) is 24.3 Å². The maximum absolute atomic E-state index is 11.9. The van der Waals surface area contributed by atoms with E-state index in [-0.39, 0.29) is 17.9 Å². The molecule has 2 unspecified atom stereocenters. The van der Waals surface area contributed by atoms with Crippen molar-refractivity contribution in [3.05, 3.63) is 29.8 Å². The summed E-state index contributed by atoms with van der Waals surface area (Å²) in [6, 6.07) is 7.94. The number of hydrogen-bond donors (Lipinski definition) is 2. The van der Waals surface area contributed by atoms with Crippen LogP contribution in [-0.2, 0) is 4.79 Å². The van der Waals surface area contributed by atoms with Crippen LogP contribution in [0, 0.1) is 12.8 Å². The van der Waals surface area contributed by atoms with Crippen LogP contribution >= 0.6 is 0 Å². The van der Waals surface area contributed by atoms with Crippen molar-refractivity contribution >= 4 is 5.91 Å². The maximum Gasteiger partial charge on any atom is 0.224 e. The van der Waals surface area contributed by atoms with E-state index in [9.17, 15) is 4.79 Å². The van der Waals surface area contributed by atoms with Crippen LogP contribution in [-0.4, -0.2) is 32.1 Å². The number of para-hydroxylation sites is 1. The minimum atomic E-state index is -0.0315. The lowest BCUT2D eigenvalue weighted by atomic mass is 10.1. The molecule has 1 amide bonds. The van der Waals surface area contributed by atoms with Crippen LogP contribution in [0.1, 0.15) is 25.8 Å². The second-order valence-corrected chi connectivity index (χ2v) is 5.12. The Morgan fingerprint density at radius 1 is 1.30 bits per heavy atom. The standard InChI is InChI=1S/C16H26N2O2/c1-5-14(11-18-16(19)13(3)10-17-4)20-15-9-7-6-8-12(15)2/h6-9,13-14,17H,5,10-11H2,1-4H3,(H,18,19). The minimum absolute atomic E-state index is 0.00170. The maximum atomic E-state index is 11.9. The van der Waals surface area contributed by atoms with Gasteiger partial charge >= 0.3 is 0 Å². The molecule has 20 heavy (non-hydrogen) atoms. The summed E-state index contributed by atoms with van der Waals surface area (Å²) in [5.41, 5.74) is 1.11. The van der Waals surface area contributed by atoms with Crippen LogP contribution in [0.25, 0.3) is 0 Å². The van der Waals surface area contributed by atoms with E-state index in [1.54, 1.807) is 0 Å². The second kappa shape index (κ2) is 8.59. The van der Waals surface area contributed by atoms with Crippen LogP contribution < -0.4 is 15.4 Å². The fraction of sp³-hybridized carbons (Fsp3) is 0.562. The first kappa shape index (κ1) is 16.5. The number of rotatable bonds is 8. The van der Waals surface area contributed by atoms with Gasteiger partial charge in [0.05, 0.1) is 6.54 Å². The van der Waals surface area contributed by atoms with Crippen molar-refractivity contribution in [3.63, 3.8) is 0 Å². The van der Waals surface area contributed by atoms with Gasteiger partial charge in [0.25, 0.3) is 0 Å². The topological polar surface area (TPSA) is 50.4 Å². The number of hydrogen-bond acceptors (Lipinski definition) is 3. The molecule has 0 heterocycles. The normalized spacial score (nSPS) is 13.6. The molecule has 1 aromatic rings. The average molecular weight is 278 g/mol. The molecule has 0 radical (unpaired) electrons. The summed E-state index contributed by atoms with van der Waals surface area (Å²) >= 11 is 0. The highest BCUT2D eigenvalue weighted by Crippen LogP contribution is 2.18. The summed E-state index contributed by atoms with van der Waals surface area (Å²) in [5, 5.41) is 5.96. The molecule has 0 fully saturated rings. The van der Waals surface area contributed by atoms with Gasteiger partial charge in [-0.05, 0) is 32.0 Å². The monoisotopic (exact) mass is 278 g/mol. The van der Waals surface area contributed by atoms with E-state index < -0.39 is 0 Å². The Labute approximate surface area is 121 Å². The number of ether oxygens (including phenoxy) is 1. The first-order chi connectivity index (χ1) is 9.58. The number of carbonyl (C=O) groups is 1. The van der Waals surface area contributed by atoms with Gasteiger partial charge in [-0.1, -0.05) is 32.0 Å². The van der Waals surface area contributed by atoms with E-state index >= 15 is 0 Å². The quantitative estimate of drug-likeness (QED) is 0.766. The molecule has 0 saturated heterocycles. The summed E-state index contributed by atoms with van der Waals surface area (Å²) in [6.45, 7) is 7.22. The molecule has 0 bridgehead atoms. The molecule has 4 heteroatoms. The lowest BCUT2D eigenvalue weighted by molar-refractivity contribution is -0.124. The highest BCUT2D eigenvalue weighted by Gasteiger charge is 2.15. The van der Waals surface area contributed by atoms with Crippen molar-refractivity contribution in [1.29, 1.82) is 0 Å². The third kappa shape index (κ3) is 5.21. The molecule has 4 nitrogen and oxygen atoms in total. The first-order valence-electron chi connectivity index (χ1n) is 7.23. The molecule has 0 aliphatic carbocycles. The van der Waals surface area contributed by atoms with Crippen molar-refractivity contribution in [3.8, 4) is 5.75 Å². The molecule has 0 aromatic heterocycles. The third-order valence-corrected chi connectivity index (χ3v) is 3.30. The van der Waals surface area contributed by atoms with Crippen molar-refractivity contribution < 1.29 is 9.53 Å². The minimum Gasteiger partial charge on any atom is -0.488 e. The van der Waals surface area contributed by atoms with E-state index in [1.165, 1.54) is 0 Å². The van der Waals surface area contributed by atoms with Crippen molar-refractivity contribution in [2.24, 2.45) is 5.92 Å². The second-order valence-electron chi connectivity index (χ2n) is 5.12. The number of carbonyl (C=O) groups excluding carboxylic acids is 1. The Hall–Kier alpha value is -1.55. The van der Waals surface area contributed by atoms with E-state index in [0.29, 0.717) is 13.1 Å². The fourth-order valence-electron chi connectivity index (χ4n) is 1.93. The first-order valence-corrected chi connectivity index (χ1v) is 7.23. The predicted octanol–water partition coefficient (Wildman–Crippen LogP) is 2.12. The molecule has 0 spiro atoms. The Morgan fingerprint density at radius 3 is 2.60 bits per heavy atom. The van der Waals surface area contributed by atoms with Gasteiger partial charge < -0.3 is 15.4 Å². The van der Waals surface area contributed by atoms with Crippen molar-refractivity contribution in [2.45, 2.75) is 33.3 Å². The summed E-state index contributed by atoms with van der Waals surface area (Å²) in [5.74, 6) is 0.916. The zero-order valence-corrected chi connectivity index (χ0v) is 12.9. The van der Waals surface area contributed by atoms with E-state index in [0.717, 1.165) is 17.7 Å². The Balaban J connectivity index is 2.48. The van der Waals surface area contributed by atoms with Gasteiger partial charge in [0.1, 0.15) is 11.9 Å². The number of nitrogens with one attached hydrogen (secondary N) is 2.